The van der Waals surface area contributed by atoms with Crippen LogP contribution in [0.3, 0.4) is 0 Å². The van der Waals surface area contributed by atoms with E-state index in [0.717, 1.165) is 24.9 Å². The predicted molar refractivity (Wildman–Crippen MR) is 86.4 cm³/mol. The van der Waals surface area contributed by atoms with Crippen LogP contribution in [0.25, 0.3) is 0 Å². The smallest absolute Gasteiger partial charge is 0.0962 e. The number of aryl methyl sites for hydroxylation is 1. The first kappa shape index (κ1) is 14.5. The molecule has 0 unspecified atom stereocenters. The first-order valence-electron chi connectivity index (χ1n) is 8.58. The van der Waals surface area contributed by atoms with Crippen molar-refractivity contribution >= 4 is 11.3 Å². The van der Waals surface area contributed by atoms with E-state index in [4.69, 9.17) is 4.98 Å². The summed E-state index contributed by atoms with van der Waals surface area (Å²) in [6.07, 6.45) is 13.7. The highest BCUT2D eigenvalue weighted by atomic mass is 32.1. The molecular weight excluding hydrogens is 264 g/mol. The summed E-state index contributed by atoms with van der Waals surface area (Å²) < 4.78 is 0. The number of nitrogens with zero attached hydrogens (tertiary/aromatic N) is 1. The van der Waals surface area contributed by atoms with Gasteiger partial charge in [-0.15, -0.1) is 11.3 Å². The van der Waals surface area contributed by atoms with Gasteiger partial charge >= 0.3 is 0 Å². The lowest BCUT2D eigenvalue weighted by Gasteiger charge is -2.17. The van der Waals surface area contributed by atoms with Gasteiger partial charge in [0.2, 0.25) is 0 Å². The molecule has 0 bridgehead atoms. The summed E-state index contributed by atoms with van der Waals surface area (Å²) in [7, 11) is 0. The second-order valence-electron chi connectivity index (χ2n) is 6.47. The van der Waals surface area contributed by atoms with E-state index in [-0.39, 0.29) is 0 Å². The Morgan fingerprint density at radius 1 is 1.05 bits per heavy atom. The van der Waals surface area contributed by atoms with Crippen LogP contribution in [0.1, 0.15) is 86.2 Å². The molecular formula is C17H28N2S. The summed E-state index contributed by atoms with van der Waals surface area (Å²) in [6.45, 7) is 3.30. The number of aromatic nitrogens is 1. The third-order valence-electron chi connectivity index (χ3n) is 4.71. The first-order valence-corrected chi connectivity index (χ1v) is 9.40. The molecule has 0 aromatic carbocycles. The molecule has 0 aliphatic heterocycles. The average Bonchev–Trinajstić information content (AvgIpc) is 3.16. The van der Waals surface area contributed by atoms with E-state index >= 15 is 0 Å². The van der Waals surface area contributed by atoms with Crippen LogP contribution in [0.4, 0.5) is 0 Å². The van der Waals surface area contributed by atoms with E-state index in [1.54, 1.807) is 0 Å². The fourth-order valence-corrected chi connectivity index (χ4v) is 4.49. The second-order valence-corrected chi connectivity index (χ2v) is 7.59. The zero-order valence-electron chi connectivity index (χ0n) is 12.8. The molecule has 2 nitrogen and oxygen atoms in total. The third-order valence-corrected chi connectivity index (χ3v) is 5.97. The molecule has 0 amide bonds. The maximum Gasteiger partial charge on any atom is 0.0962 e. The van der Waals surface area contributed by atoms with Gasteiger partial charge in [-0.05, 0) is 32.1 Å². The van der Waals surface area contributed by atoms with E-state index < -0.39 is 0 Å². The topological polar surface area (TPSA) is 24.9 Å². The summed E-state index contributed by atoms with van der Waals surface area (Å²) >= 11 is 2.00. The van der Waals surface area contributed by atoms with Gasteiger partial charge in [-0.1, -0.05) is 39.0 Å². The van der Waals surface area contributed by atoms with E-state index in [9.17, 15) is 0 Å². The number of thiazole rings is 1. The van der Waals surface area contributed by atoms with Crippen molar-refractivity contribution in [2.75, 3.05) is 0 Å². The maximum absolute atomic E-state index is 5.00. The van der Waals surface area contributed by atoms with Crippen molar-refractivity contribution in [3.8, 4) is 0 Å². The van der Waals surface area contributed by atoms with Crippen molar-refractivity contribution in [3.63, 3.8) is 0 Å². The van der Waals surface area contributed by atoms with Gasteiger partial charge in [-0.3, -0.25) is 0 Å². The third kappa shape index (κ3) is 3.82. The number of hydrogen-bond donors (Lipinski definition) is 1. The minimum absolute atomic E-state index is 0.750. The Labute approximate surface area is 127 Å². The van der Waals surface area contributed by atoms with Gasteiger partial charge in [0.1, 0.15) is 0 Å². The zero-order chi connectivity index (χ0) is 13.8. The Hall–Kier alpha value is -0.410. The van der Waals surface area contributed by atoms with Crippen molar-refractivity contribution in [1.82, 2.24) is 10.3 Å². The SMILES string of the molecule is CCc1nc(C2CCCCCCC2)sc1CNC1CC1. The second kappa shape index (κ2) is 7.04. The van der Waals surface area contributed by atoms with E-state index in [1.165, 1.54) is 73.4 Å². The van der Waals surface area contributed by atoms with Gasteiger partial charge in [-0.25, -0.2) is 4.98 Å². The lowest BCUT2D eigenvalue weighted by molar-refractivity contribution is 0.454. The summed E-state index contributed by atoms with van der Waals surface area (Å²) in [5.74, 6) is 0.750. The van der Waals surface area contributed by atoms with Gasteiger partial charge in [0.25, 0.3) is 0 Å². The summed E-state index contributed by atoms with van der Waals surface area (Å²) in [5.41, 5.74) is 1.36. The molecule has 112 valence electrons. The Morgan fingerprint density at radius 3 is 2.40 bits per heavy atom. The molecule has 0 atom stereocenters. The van der Waals surface area contributed by atoms with Gasteiger partial charge < -0.3 is 5.32 Å². The normalized spacial score (nSPS) is 21.6. The molecule has 20 heavy (non-hydrogen) atoms. The van der Waals surface area contributed by atoms with Crippen LogP contribution in [-0.4, -0.2) is 11.0 Å². The fourth-order valence-electron chi connectivity index (χ4n) is 3.22. The largest absolute Gasteiger partial charge is 0.309 e. The minimum Gasteiger partial charge on any atom is -0.309 e. The van der Waals surface area contributed by atoms with Crippen LogP contribution in [0, 0.1) is 0 Å². The Balaban J connectivity index is 1.67. The van der Waals surface area contributed by atoms with E-state index in [1.807, 2.05) is 11.3 Å². The van der Waals surface area contributed by atoms with E-state index in [0.29, 0.717) is 0 Å². The van der Waals surface area contributed by atoms with Crippen molar-refractivity contribution in [1.29, 1.82) is 0 Å². The fraction of sp³-hybridized carbons (Fsp3) is 0.824. The molecule has 2 aliphatic rings. The highest BCUT2D eigenvalue weighted by molar-refractivity contribution is 7.11. The average molecular weight is 292 g/mol. The van der Waals surface area contributed by atoms with Gasteiger partial charge in [-0.2, -0.15) is 0 Å². The van der Waals surface area contributed by atoms with Crippen molar-refractivity contribution < 1.29 is 0 Å². The molecule has 1 N–H and O–H groups in total. The lowest BCUT2D eigenvalue weighted by atomic mass is 9.92. The highest BCUT2D eigenvalue weighted by Gasteiger charge is 2.23. The van der Waals surface area contributed by atoms with Crippen LogP contribution >= 0.6 is 11.3 Å². The molecule has 0 saturated heterocycles. The molecule has 3 heteroatoms. The number of rotatable bonds is 5. The monoisotopic (exact) mass is 292 g/mol. The van der Waals surface area contributed by atoms with Crippen molar-refractivity contribution in [3.05, 3.63) is 15.6 Å². The summed E-state index contributed by atoms with van der Waals surface area (Å²) in [5, 5.41) is 5.10. The van der Waals surface area contributed by atoms with Crippen LogP contribution in [0.2, 0.25) is 0 Å². The van der Waals surface area contributed by atoms with Crippen LogP contribution < -0.4 is 5.32 Å². The molecule has 2 aliphatic carbocycles. The first-order chi connectivity index (χ1) is 9.86. The molecule has 1 aromatic rings. The summed E-state index contributed by atoms with van der Waals surface area (Å²) in [4.78, 5) is 6.51. The summed E-state index contributed by atoms with van der Waals surface area (Å²) in [6, 6.07) is 0.798. The van der Waals surface area contributed by atoms with Gasteiger partial charge in [0.05, 0.1) is 10.7 Å². The predicted octanol–water partition coefficient (Wildman–Crippen LogP) is 4.79. The Morgan fingerprint density at radius 2 is 1.75 bits per heavy atom. The van der Waals surface area contributed by atoms with Crippen molar-refractivity contribution in [2.45, 2.75) is 89.6 Å². The zero-order valence-corrected chi connectivity index (χ0v) is 13.6. The van der Waals surface area contributed by atoms with E-state index in [2.05, 4.69) is 12.2 Å². The van der Waals surface area contributed by atoms with Crippen LogP contribution in [0.5, 0.6) is 0 Å². The minimum atomic E-state index is 0.750. The highest BCUT2D eigenvalue weighted by Crippen LogP contribution is 2.35. The molecule has 0 radical (unpaired) electrons. The van der Waals surface area contributed by atoms with Crippen LogP contribution in [0.15, 0.2) is 0 Å². The molecule has 1 aromatic heterocycles. The molecule has 0 spiro atoms. The van der Waals surface area contributed by atoms with Crippen molar-refractivity contribution in [2.24, 2.45) is 0 Å². The maximum atomic E-state index is 5.00. The van der Waals surface area contributed by atoms with Crippen LogP contribution in [-0.2, 0) is 13.0 Å². The molecule has 3 rings (SSSR count). The lowest BCUT2D eigenvalue weighted by Crippen LogP contribution is -2.15. The number of hydrogen-bond acceptors (Lipinski definition) is 3. The Kier molecular flexibility index (Phi) is 5.11. The molecule has 1 heterocycles. The number of nitrogens with one attached hydrogen (secondary N) is 1. The standard InChI is InChI=1S/C17H28N2S/c1-2-15-16(12-18-14-10-11-14)20-17(19-15)13-8-6-4-3-5-7-9-13/h13-14,18H,2-12H2,1H3. The Bertz CT molecular complexity index is 415. The van der Waals surface area contributed by atoms with Gasteiger partial charge in [0.15, 0.2) is 0 Å². The molecule has 2 fully saturated rings. The quantitative estimate of drug-likeness (QED) is 0.844. The molecule has 2 saturated carbocycles. The van der Waals surface area contributed by atoms with Gasteiger partial charge in [0, 0.05) is 23.4 Å².